The van der Waals surface area contributed by atoms with Crippen molar-refractivity contribution in [2.75, 3.05) is 6.26 Å². The van der Waals surface area contributed by atoms with E-state index in [1.165, 1.54) is 17.8 Å². The van der Waals surface area contributed by atoms with Crippen molar-refractivity contribution in [3.05, 3.63) is 23.5 Å². The molecule has 0 aromatic carbocycles. The summed E-state index contributed by atoms with van der Waals surface area (Å²) >= 11 is 1.29. The molecule has 5 heteroatoms. The van der Waals surface area contributed by atoms with Gasteiger partial charge in [0.2, 0.25) is 0 Å². The Kier molecular flexibility index (Phi) is 2.88. The van der Waals surface area contributed by atoms with E-state index in [9.17, 15) is 4.79 Å². The number of hydrogen-bond acceptors (Lipinski definition) is 4. The number of nitrogens with zero attached hydrogens (tertiary/aromatic N) is 2. The van der Waals surface area contributed by atoms with Crippen LogP contribution >= 0.6 is 11.8 Å². The lowest BCUT2D eigenvalue weighted by atomic mass is 10.3. The third kappa shape index (κ3) is 1.98. The zero-order valence-electron chi connectivity index (χ0n) is 6.81. The second-order valence-corrected chi connectivity index (χ2v) is 3.01. The SMILES string of the molecule is CSc1ccc(C#N)nc1C(=O)O. The van der Waals surface area contributed by atoms with Crippen molar-refractivity contribution in [1.82, 2.24) is 4.98 Å². The standard InChI is InChI=1S/C8H6N2O2S/c1-13-6-3-2-5(4-9)10-7(6)8(11)12/h2-3H,1H3,(H,11,12). The van der Waals surface area contributed by atoms with Gasteiger partial charge in [-0.2, -0.15) is 5.26 Å². The van der Waals surface area contributed by atoms with Crippen molar-refractivity contribution in [2.45, 2.75) is 4.90 Å². The molecule has 0 aliphatic heterocycles. The summed E-state index contributed by atoms with van der Waals surface area (Å²) in [5.41, 5.74) is 0.0572. The molecule has 0 bridgehead atoms. The molecule has 0 saturated carbocycles. The Bertz CT molecular complexity index is 384. The molecular formula is C8H6N2O2S. The van der Waals surface area contributed by atoms with E-state index in [0.717, 1.165) is 0 Å². The lowest BCUT2D eigenvalue weighted by Gasteiger charge is -2.00. The Hall–Kier alpha value is -1.54. The highest BCUT2D eigenvalue weighted by Gasteiger charge is 2.11. The Balaban J connectivity index is 3.28. The highest BCUT2D eigenvalue weighted by molar-refractivity contribution is 7.98. The lowest BCUT2D eigenvalue weighted by molar-refractivity contribution is 0.0686. The second-order valence-electron chi connectivity index (χ2n) is 2.16. The fourth-order valence-corrected chi connectivity index (χ4v) is 1.36. The molecule has 0 saturated heterocycles. The number of rotatable bonds is 2. The summed E-state index contributed by atoms with van der Waals surface area (Å²) in [6.07, 6.45) is 1.76. The molecule has 0 spiro atoms. The molecule has 0 aliphatic carbocycles. The first-order chi connectivity index (χ1) is 6.19. The van der Waals surface area contributed by atoms with Crippen LogP contribution in [0.1, 0.15) is 16.2 Å². The third-order valence-corrected chi connectivity index (χ3v) is 2.16. The molecule has 66 valence electrons. The first-order valence-electron chi connectivity index (χ1n) is 3.37. The fourth-order valence-electron chi connectivity index (χ4n) is 0.827. The van der Waals surface area contributed by atoms with Crippen LogP contribution in [0.25, 0.3) is 0 Å². The molecule has 0 amide bonds. The average Bonchev–Trinajstić information content (AvgIpc) is 2.16. The van der Waals surface area contributed by atoms with E-state index in [4.69, 9.17) is 10.4 Å². The van der Waals surface area contributed by atoms with Crippen molar-refractivity contribution in [2.24, 2.45) is 0 Å². The molecule has 1 heterocycles. The van der Waals surface area contributed by atoms with Crippen LogP contribution in [0.5, 0.6) is 0 Å². The Labute approximate surface area is 79.2 Å². The van der Waals surface area contributed by atoms with Crippen molar-refractivity contribution >= 4 is 17.7 Å². The van der Waals surface area contributed by atoms with Crippen molar-refractivity contribution in [3.8, 4) is 6.07 Å². The number of aromatic carboxylic acids is 1. The van der Waals surface area contributed by atoms with Crippen LogP contribution in [0.15, 0.2) is 17.0 Å². The quantitative estimate of drug-likeness (QED) is 0.720. The summed E-state index contributed by atoms with van der Waals surface area (Å²) in [4.78, 5) is 14.9. The number of carbonyl (C=O) groups is 1. The number of hydrogen-bond donors (Lipinski definition) is 1. The van der Waals surface area contributed by atoms with E-state index in [1.807, 2.05) is 0 Å². The highest BCUT2D eigenvalue weighted by Crippen LogP contribution is 2.18. The number of carboxylic acids is 1. The van der Waals surface area contributed by atoms with E-state index in [0.29, 0.717) is 4.90 Å². The molecule has 0 atom stereocenters. The van der Waals surface area contributed by atoms with Crippen molar-refractivity contribution in [3.63, 3.8) is 0 Å². The number of pyridine rings is 1. The van der Waals surface area contributed by atoms with Gasteiger partial charge in [0.05, 0.1) is 0 Å². The number of thioether (sulfide) groups is 1. The van der Waals surface area contributed by atoms with Crippen LogP contribution in [-0.4, -0.2) is 22.3 Å². The summed E-state index contributed by atoms with van der Waals surface area (Å²) in [7, 11) is 0. The topological polar surface area (TPSA) is 74.0 Å². The molecule has 13 heavy (non-hydrogen) atoms. The van der Waals surface area contributed by atoms with Gasteiger partial charge < -0.3 is 5.11 Å². The highest BCUT2D eigenvalue weighted by atomic mass is 32.2. The lowest BCUT2D eigenvalue weighted by Crippen LogP contribution is -2.03. The van der Waals surface area contributed by atoms with Crippen LogP contribution in [0, 0.1) is 11.3 Å². The third-order valence-electron chi connectivity index (χ3n) is 1.40. The van der Waals surface area contributed by atoms with Gasteiger partial charge in [-0.15, -0.1) is 11.8 Å². The minimum absolute atomic E-state index is 0.0634. The number of nitriles is 1. The maximum Gasteiger partial charge on any atom is 0.355 e. The van der Waals surface area contributed by atoms with Crippen LogP contribution < -0.4 is 0 Å². The predicted molar refractivity (Wildman–Crippen MR) is 47.7 cm³/mol. The molecule has 1 aromatic rings. The monoisotopic (exact) mass is 194 g/mol. The minimum Gasteiger partial charge on any atom is -0.476 e. The van der Waals surface area contributed by atoms with Gasteiger partial charge in [-0.05, 0) is 18.4 Å². The van der Waals surface area contributed by atoms with Crippen molar-refractivity contribution in [1.29, 1.82) is 5.26 Å². The summed E-state index contributed by atoms with van der Waals surface area (Å²) in [5, 5.41) is 17.2. The van der Waals surface area contributed by atoms with E-state index in [-0.39, 0.29) is 11.4 Å². The Morgan fingerprint density at radius 3 is 2.85 bits per heavy atom. The van der Waals surface area contributed by atoms with E-state index >= 15 is 0 Å². The largest absolute Gasteiger partial charge is 0.476 e. The van der Waals surface area contributed by atoms with Crippen molar-refractivity contribution < 1.29 is 9.90 Å². The molecule has 1 N–H and O–H groups in total. The van der Waals surface area contributed by atoms with E-state index in [1.54, 1.807) is 18.4 Å². The van der Waals surface area contributed by atoms with Gasteiger partial charge >= 0.3 is 5.97 Å². The van der Waals surface area contributed by atoms with E-state index < -0.39 is 5.97 Å². The first kappa shape index (κ1) is 9.55. The molecule has 0 fully saturated rings. The van der Waals surface area contributed by atoms with Gasteiger partial charge in [-0.3, -0.25) is 0 Å². The smallest absolute Gasteiger partial charge is 0.355 e. The van der Waals surface area contributed by atoms with Crippen LogP contribution in [0.2, 0.25) is 0 Å². The van der Waals surface area contributed by atoms with Crippen LogP contribution in [0.4, 0.5) is 0 Å². The minimum atomic E-state index is -1.11. The molecule has 1 aromatic heterocycles. The summed E-state index contributed by atoms with van der Waals surface area (Å²) < 4.78 is 0. The molecule has 4 nitrogen and oxygen atoms in total. The molecule has 0 aliphatic rings. The number of aromatic nitrogens is 1. The normalized spacial score (nSPS) is 9.23. The summed E-state index contributed by atoms with van der Waals surface area (Å²) in [6, 6.07) is 4.87. The molecular weight excluding hydrogens is 188 g/mol. The predicted octanol–water partition coefficient (Wildman–Crippen LogP) is 1.37. The van der Waals surface area contributed by atoms with Gasteiger partial charge in [0, 0.05) is 4.90 Å². The Morgan fingerprint density at radius 2 is 2.38 bits per heavy atom. The maximum absolute atomic E-state index is 10.7. The zero-order valence-corrected chi connectivity index (χ0v) is 7.63. The maximum atomic E-state index is 10.7. The van der Waals surface area contributed by atoms with E-state index in [2.05, 4.69) is 4.98 Å². The zero-order chi connectivity index (χ0) is 9.84. The molecule has 0 unspecified atom stereocenters. The average molecular weight is 194 g/mol. The van der Waals surface area contributed by atoms with Crippen LogP contribution in [0.3, 0.4) is 0 Å². The van der Waals surface area contributed by atoms with Gasteiger partial charge in [0.15, 0.2) is 5.69 Å². The second kappa shape index (κ2) is 3.92. The van der Waals surface area contributed by atoms with Gasteiger partial charge in [0.1, 0.15) is 11.8 Å². The van der Waals surface area contributed by atoms with Gasteiger partial charge in [-0.25, -0.2) is 9.78 Å². The summed E-state index contributed by atoms with van der Waals surface area (Å²) in [6.45, 7) is 0. The van der Waals surface area contributed by atoms with Gasteiger partial charge in [0.25, 0.3) is 0 Å². The summed E-state index contributed by atoms with van der Waals surface area (Å²) in [5.74, 6) is -1.11. The number of carboxylic acid groups (broad SMARTS) is 1. The van der Waals surface area contributed by atoms with Gasteiger partial charge in [-0.1, -0.05) is 0 Å². The van der Waals surface area contributed by atoms with Crippen LogP contribution in [-0.2, 0) is 0 Å². The first-order valence-corrected chi connectivity index (χ1v) is 4.60. The fraction of sp³-hybridized carbons (Fsp3) is 0.125. The molecule has 1 rings (SSSR count). The molecule has 0 radical (unpaired) electrons. The Morgan fingerprint density at radius 1 is 1.69 bits per heavy atom.